The molecule has 1 aromatic heterocycles. The van der Waals surface area contributed by atoms with E-state index in [-0.39, 0.29) is 17.9 Å². The van der Waals surface area contributed by atoms with Gasteiger partial charge in [-0.25, -0.2) is 0 Å². The van der Waals surface area contributed by atoms with E-state index in [1.165, 1.54) is 6.20 Å². The fraction of sp³-hybridized carbons (Fsp3) is 0.227. The molecule has 1 aliphatic carbocycles. The fourth-order valence-electron chi connectivity index (χ4n) is 3.25. The highest BCUT2D eigenvalue weighted by Crippen LogP contribution is 2.36. The molecule has 0 aliphatic heterocycles. The Morgan fingerprint density at radius 1 is 1.14 bits per heavy atom. The highest BCUT2D eigenvalue weighted by molar-refractivity contribution is 6.07. The molecule has 148 valence electrons. The number of aromatic nitrogens is 1. The standard InChI is InChI=1S/C22H22N4O3/c1-24-21(27)13-5-3-12(4-6-13)15-9-16-18(10-19(15)29-2)25-11-17(20(16)23)22(28)26-14-7-8-14/h3-6,9-11,14H,7-8H2,1-2H3,(H2,23,25)(H,24,27)(H,26,28). The van der Waals surface area contributed by atoms with Crippen molar-refractivity contribution in [2.75, 3.05) is 19.9 Å². The summed E-state index contributed by atoms with van der Waals surface area (Å²) < 4.78 is 5.55. The maximum Gasteiger partial charge on any atom is 0.255 e. The van der Waals surface area contributed by atoms with E-state index in [4.69, 9.17) is 10.5 Å². The summed E-state index contributed by atoms with van der Waals surface area (Å²) in [5.74, 6) is 0.278. The first-order chi connectivity index (χ1) is 14.0. The second kappa shape index (κ2) is 7.43. The molecule has 0 radical (unpaired) electrons. The largest absolute Gasteiger partial charge is 0.496 e. The molecule has 2 aromatic carbocycles. The highest BCUT2D eigenvalue weighted by Gasteiger charge is 2.25. The van der Waals surface area contributed by atoms with Crippen LogP contribution in [0.5, 0.6) is 5.75 Å². The number of pyridine rings is 1. The van der Waals surface area contributed by atoms with Gasteiger partial charge < -0.3 is 21.1 Å². The van der Waals surface area contributed by atoms with Crippen LogP contribution in [0.15, 0.2) is 42.6 Å². The van der Waals surface area contributed by atoms with Crippen LogP contribution in [0, 0.1) is 0 Å². The molecule has 1 saturated carbocycles. The van der Waals surface area contributed by atoms with Crippen LogP contribution in [0.4, 0.5) is 5.69 Å². The molecule has 0 saturated heterocycles. The number of nitrogens with two attached hydrogens (primary N) is 1. The molecule has 2 amide bonds. The van der Waals surface area contributed by atoms with E-state index >= 15 is 0 Å². The van der Waals surface area contributed by atoms with Crippen LogP contribution in [0.25, 0.3) is 22.0 Å². The number of nitrogen functional groups attached to an aromatic ring is 1. The van der Waals surface area contributed by atoms with Crippen LogP contribution in [0.1, 0.15) is 33.6 Å². The van der Waals surface area contributed by atoms with E-state index in [0.717, 1.165) is 24.0 Å². The number of rotatable bonds is 5. The number of amides is 2. The Bertz CT molecular complexity index is 1110. The van der Waals surface area contributed by atoms with E-state index in [2.05, 4.69) is 15.6 Å². The number of nitrogens with zero attached hydrogens (tertiary/aromatic N) is 1. The van der Waals surface area contributed by atoms with Crippen molar-refractivity contribution in [2.24, 2.45) is 0 Å². The number of hydrogen-bond donors (Lipinski definition) is 3. The second-order valence-electron chi connectivity index (χ2n) is 7.06. The Kier molecular flexibility index (Phi) is 4.80. The normalized spacial score (nSPS) is 13.2. The van der Waals surface area contributed by atoms with E-state index < -0.39 is 0 Å². The number of fused-ring (bicyclic) bond motifs is 1. The third-order valence-electron chi connectivity index (χ3n) is 5.07. The maximum atomic E-state index is 12.5. The molecule has 4 rings (SSSR count). The third-order valence-corrected chi connectivity index (χ3v) is 5.07. The first-order valence-corrected chi connectivity index (χ1v) is 9.41. The molecular weight excluding hydrogens is 368 g/mol. The molecule has 7 nitrogen and oxygen atoms in total. The van der Waals surface area contributed by atoms with Crippen molar-refractivity contribution in [1.29, 1.82) is 0 Å². The summed E-state index contributed by atoms with van der Waals surface area (Å²) in [4.78, 5) is 28.7. The summed E-state index contributed by atoms with van der Waals surface area (Å²) in [6.07, 6.45) is 3.51. The van der Waals surface area contributed by atoms with Crippen LogP contribution < -0.4 is 21.1 Å². The van der Waals surface area contributed by atoms with Crippen LogP contribution in [0.2, 0.25) is 0 Å². The van der Waals surface area contributed by atoms with Gasteiger partial charge in [-0.2, -0.15) is 0 Å². The van der Waals surface area contributed by atoms with Gasteiger partial charge >= 0.3 is 0 Å². The Hall–Kier alpha value is -3.61. The molecular formula is C22H22N4O3. The molecule has 0 bridgehead atoms. The molecule has 29 heavy (non-hydrogen) atoms. The van der Waals surface area contributed by atoms with Crippen molar-refractivity contribution >= 4 is 28.4 Å². The minimum atomic E-state index is -0.202. The van der Waals surface area contributed by atoms with E-state index in [1.54, 1.807) is 32.4 Å². The Balaban J connectivity index is 1.79. The summed E-state index contributed by atoms with van der Waals surface area (Å²) in [6, 6.07) is 11.1. The molecule has 7 heteroatoms. The number of carbonyl (C=O) groups excluding carboxylic acids is 2. The maximum absolute atomic E-state index is 12.5. The number of ether oxygens (including phenoxy) is 1. The first kappa shape index (κ1) is 18.7. The third kappa shape index (κ3) is 3.59. The minimum Gasteiger partial charge on any atom is -0.496 e. The van der Waals surface area contributed by atoms with Crippen molar-refractivity contribution in [3.8, 4) is 16.9 Å². The molecule has 0 spiro atoms. The molecule has 1 heterocycles. The molecule has 1 fully saturated rings. The fourth-order valence-corrected chi connectivity index (χ4v) is 3.25. The number of carbonyl (C=O) groups is 2. The number of methoxy groups -OCH3 is 1. The van der Waals surface area contributed by atoms with Gasteiger partial charge in [0.05, 0.1) is 23.9 Å². The highest BCUT2D eigenvalue weighted by atomic mass is 16.5. The van der Waals surface area contributed by atoms with Gasteiger partial charge in [0.1, 0.15) is 5.75 Å². The summed E-state index contributed by atoms with van der Waals surface area (Å²) >= 11 is 0. The van der Waals surface area contributed by atoms with Crippen LogP contribution in [-0.4, -0.2) is 37.0 Å². The minimum absolute atomic E-state index is 0.151. The van der Waals surface area contributed by atoms with Crippen molar-refractivity contribution in [3.63, 3.8) is 0 Å². The average molecular weight is 390 g/mol. The van der Waals surface area contributed by atoms with Gasteiger partial charge in [0.2, 0.25) is 0 Å². The van der Waals surface area contributed by atoms with E-state index in [9.17, 15) is 9.59 Å². The van der Waals surface area contributed by atoms with Gasteiger partial charge in [-0.05, 0) is 36.6 Å². The van der Waals surface area contributed by atoms with Crippen LogP contribution >= 0.6 is 0 Å². The lowest BCUT2D eigenvalue weighted by Crippen LogP contribution is -2.26. The number of hydrogen-bond acceptors (Lipinski definition) is 5. The average Bonchev–Trinajstić information content (AvgIpc) is 3.56. The molecule has 0 atom stereocenters. The van der Waals surface area contributed by atoms with E-state index in [0.29, 0.717) is 33.5 Å². The molecule has 1 aliphatic rings. The van der Waals surface area contributed by atoms with Gasteiger partial charge in [0.15, 0.2) is 0 Å². The summed E-state index contributed by atoms with van der Waals surface area (Å²) in [6.45, 7) is 0. The van der Waals surface area contributed by atoms with Gasteiger partial charge in [-0.15, -0.1) is 0 Å². The van der Waals surface area contributed by atoms with Gasteiger partial charge in [0, 0.05) is 41.9 Å². The van der Waals surface area contributed by atoms with Crippen molar-refractivity contribution in [2.45, 2.75) is 18.9 Å². The quantitative estimate of drug-likeness (QED) is 0.621. The topological polar surface area (TPSA) is 106 Å². The number of benzene rings is 2. The van der Waals surface area contributed by atoms with Crippen LogP contribution in [0.3, 0.4) is 0 Å². The summed E-state index contributed by atoms with van der Waals surface area (Å²) in [7, 11) is 3.18. The van der Waals surface area contributed by atoms with Gasteiger partial charge in [-0.3, -0.25) is 14.6 Å². The monoisotopic (exact) mass is 390 g/mol. The predicted octanol–water partition coefficient (Wildman–Crippen LogP) is 2.74. The number of anilines is 1. The lowest BCUT2D eigenvalue weighted by atomic mass is 9.99. The molecule has 4 N–H and O–H groups in total. The lowest BCUT2D eigenvalue weighted by Gasteiger charge is -2.14. The summed E-state index contributed by atoms with van der Waals surface area (Å²) in [5, 5.41) is 6.23. The smallest absolute Gasteiger partial charge is 0.255 e. The number of nitrogens with one attached hydrogen (secondary N) is 2. The predicted molar refractivity (Wildman–Crippen MR) is 112 cm³/mol. The van der Waals surface area contributed by atoms with Crippen LogP contribution in [-0.2, 0) is 0 Å². The second-order valence-corrected chi connectivity index (χ2v) is 7.06. The zero-order valence-corrected chi connectivity index (χ0v) is 16.3. The van der Waals surface area contributed by atoms with Gasteiger partial charge in [-0.1, -0.05) is 12.1 Å². The zero-order chi connectivity index (χ0) is 20.5. The Labute approximate surface area is 168 Å². The van der Waals surface area contributed by atoms with E-state index in [1.807, 2.05) is 18.2 Å². The summed E-state index contributed by atoms with van der Waals surface area (Å²) in [5.41, 5.74) is 9.98. The zero-order valence-electron chi connectivity index (χ0n) is 16.3. The first-order valence-electron chi connectivity index (χ1n) is 9.41. The lowest BCUT2D eigenvalue weighted by molar-refractivity contribution is 0.0947. The molecule has 0 unspecified atom stereocenters. The van der Waals surface area contributed by atoms with Crippen molar-refractivity contribution in [1.82, 2.24) is 15.6 Å². The SMILES string of the molecule is CNC(=O)c1ccc(-c2cc3c(N)c(C(=O)NC4CC4)cnc3cc2OC)cc1. The Morgan fingerprint density at radius 3 is 2.48 bits per heavy atom. The van der Waals surface area contributed by atoms with Gasteiger partial charge in [0.25, 0.3) is 11.8 Å². The molecule has 3 aromatic rings. The van der Waals surface area contributed by atoms with Crippen molar-refractivity contribution < 1.29 is 14.3 Å². The Morgan fingerprint density at radius 2 is 1.86 bits per heavy atom. The van der Waals surface area contributed by atoms with Crippen molar-refractivity contribution in [3.05, 3.63) is 53.7 Å².